The first-order valence-electron chi connectivity index (χ1n) is 9.10. The summed E-state index contributed by atoms with van der Waals surface area (Å²) in [7, 11) is 0. The highest BCUT2D eigenvalue weighted by Gasteiger charge is 2.46. The van der Waals surface area contributed by atoms with Crippen LogP contribution in [0.5, 0.6) is 0 Å². The lowest BCUT2D eigenvalue weighted by atomic mass is 9.89. The van der Waals surface area contributed by atoms with Gasteiger partial charge in [-0.25, -0.2) is 4.79 Å². The zero-order chi connectivity index (χ0) is 19.9. The average Bonchev–Trinajstić information content (AvgIpc) is 2.62. The molecule has 0 aromatic rings. The number of hydrogen-bond acceptors (Lipinski definition) is 7. The molecule has 0 bridgehead atoms. The molecule has 1 heterocycles. The topological polar surface area (TPSA) is 157 Å². The standard InChI is InChI=1S/C17H31NO8/c1-3-5-6-9(4-2)16(23)18-13-10(20)7-12(17(24)25)26-15(13)14(22)11(21)8-19/h9-15,19-22H,3-8H2,1-2H3,(H,18,23)(H,24,25)/t9?,10-,11+,12?,13+,14+,15+/m0/s1. The third kappa shape index (κ3) is 5.88. The van der Waals surface area contributed by atoms with Gasteiger partial charge in [-0.2, -0.15) is 0 Å². The molecule has 0 aromatic carbocycles. The highest BCUT2D eigenvalue weighted by molar-refractivity contribution is 5.79. The molecule has 26 heavy (non-hydrogen) atoms. The molecular formula is C17H31NO8. The van der Waals surface area contributed by atoms with E-state index in [1.807, 2.05) is 13.8 Å². The number of carbonyl (C=O) groups excluding carboxylic acids is 1. The van der Waals surface area contributed by atoms with E-state index in [4.69, 9.17) is 14.9 Å². The molecule has 1 aliphatic heterocycles. The van der Waals surface area contributed by atoms with Crippen LogP contribution >= 0.6 is 0 Å². The molecule has 0 aliphatic carbocycles. The number of carbonyl (C=O) groups is 2. The Hall–Kier alpha value is -1.26. The van der Waals surface area contributed by atoms with Crippen molar-refractivity contribution in [2.24, 2.45) is 5.92 Å². The fraction of sp³-hybridized carbons (Fsp3) is 0.882. The number of nitrogens with one attached hydrogen (secondary N) is 1. The summed E-state index contributed by atoms with van der Waals surface area (Å²) in [6.45, 7) is 3.11. The molecule has 7 atom stereocenters. The number of aliphatic carboxylic acids is 1. The normalized spacial score (nSPS) is 29.6. The van der Waals surface area contributed by atoms with Crippen molar-refractivity contribution in [2.75, 3.05) is 6.61 Å². The fourth-order valence-electron chi connectivity index (χ4n) is 3.13. The van der Waals surface area contributed by atoms with E-state index in [2.05, 4.69) is 5.32 Å². The molecule has 2 unspecified atom stereocenters. The number of carboxylic acid groups (broad SMARTS) is 1. The maximum Gasteiger partial charge on any atom is 0.332 e. The van der Waals surface area contributed by atoms with Crippen molar-refractivity contribution >= 4 is 11.9 Å². The van der Waals surface area contributed by atoms with Crippen LogP contribution < -0.4 is 5.32 Å². The molecule has 1 fully saturated rings. The van der Waals surface area contributed by atoms with Gasteiger partial charge in [-0.15, -0.1) is 0 Å². The molecule has 1 amide bonds. The van der Waals surface area contributed by atoms with Crippen molar-refractivity contribution in [3.05, 3.63) is 0 Å². The van der Waals surface area contributed by atoms with Crippen LogP contribution in [0.4, 0.5) is 0 Å². The van der Waals surface area contributed by atoms with E-state index in [-0.39, 0.29) is 18.2 Å². The fourth-order valence-corrected chi connectivity index (χ4v) is 3.13. The molecule has 0 aromatic heterocycles. The summed E-state index contributed by atoms with van der Waals surface area (Å²) in [4.78, 5) is 23.7. The lowest BCUT2D eigenvalue weighted by Gasteiger charge is -2.42. The van der Waals surface area contributed by atoms with E-state index < -0.39 is 49.1 Å². The predicted octanol–water partition coefficient (Wildman–Crippen LogP) is -0.995. The Morgan fingerprint density at radius 2 is 1.92 bits per heavy atom. The summed E-state index contributed by atoms with van der Waals surface area (Å²) in [5.41, 5.74) is 0. The van der Waals surface area contributed by atoms with Gasteiger partial charge in [0.2, 0.25) is 5.91 Å². The van der Waals surface area contributed by atoms with E-state index in [0.717, 1.165) is 12.8 Å². The van der Waals surface area contributed by atoms with Crippen LogP contribution in [-0.4, -0.2) is 80.6 Å². The molecule has 0 radical (unpaired) electrons. The van der Waals surface area contributed by atoms with Gasteiger partial charge in [0.25, 0.3) is 0 Å². The monoisotopic (exact) mass is 377 g/mol. The van der Waals surface area contributed by atoms with Gasteiger partial charge in [-0.05, 0) is 12.8 Å². The molecule has 0 spiro atoms. The predicted molar refractivity (Wildman–Crippen MR) is 91.3 cm³/mol. The SMILES string of the molecule is CCCCC(CC)C(=O)N[C@H]1[C@H]([C@H](O)[C@H](O)CO)OC(C(=O)O)C[C@@H]1O. The maximum absolute atomic E-state index is 12.5. The van der Waals surface area contributed by atoms with Crippen molar-refractivity contribution in [3.63, 3.8) is 0 Å². The van der Waals surface area contributed by atoms with Crippen LogP contribution in [0.3, 0.4) is 0 Å². The van der Waals surface area contributed by atoms with E-state index in [9.17, 15) is 24.9 Å². The molecule has 9 nitrogen and oxygen atoms in total. The summed E-state index contributed by atoms with van der Waals surface area (Å²) < 4.78 is 5.32. The quantitative estimate of drug-likeness (QED) is 0.283. The number of carboxylic acids is 1. The molecule has 6 N–H and O–H groups in total. The summed E-state index contributed by atoms with van der Waals surface area (Å²) in [5, 5.41) is 51.0. The van der Waals surface area contributed by atoms with Gasteiger partial charge in [0.15, 0.2) is 6.10 Å². The van der Waals surface area contributed by atoms with Crippen LogP contribution in [0, 0.1) is 5.92 Å². The minimum atomic E-state index is -1.67. The number of hydrogen-bond donors (Lipinski definition) is 6. The molecule has 1 aliphatic rings. The second-order valence-corrected chi connectivity index (χ2v) is 6.75. The second kappa shape index (κ2) is 10.8. The Morgan fingerprint density at radius 1 is 1.27 bits per heavy atom. The molecule has 1 saturated heterocycles. The molecule has 9 heteroatoms. The van der Waals surface area contributed by atoms with E-state index in [1.165, 1.54) is 0 Å². The van der Waals surface area contributed by atoms with Gasteiger partial charge in [0, 0.05) is 12.3 Å². The highest BCUT2D eigenvalue weighted by Crippen LogP contribution is 2.25. The lowest BCUT2D eigenvalue weighted by molar-refractivity contribution is -0.196. The molecule has 0 saturated carbocycles. The Kier molecular flexibility index (Phi) is 9.45. The first-order chi connectivity index (χ1) is 12.3. The van der Waals surface area contributed by atoms with E-state index in [1.54, 1.807) is 0 Å². The zero-order valence-electron chi connectivity index (χ0n) is 15.2. The van der Waals surface area contributed by atoms with Gasteiger partial charge < -0.3 is 35.6 Å². The van der Waals surface area contributed by atoms with Gasteiger partial charge in [-0.1, -0.05) is 26.7 Å². The van der Waals surface area contributed by atoms with Gasteiger partial charge in [0.1, 0.15) is 18.3 Å². The largest absolute Gasteiger partial charge is 0.479 e. The smallest absolute Gasteiger partial charge is 0.332 e. The van der Waals surface area contributed by atoms with Crippen molar-refractivity contribution in [1.29, 1.82) is 0 Å². The van der Waals surface area contributed by atoms with Crippen LogP contribution in [0.1, 0.15) is 46.0 Å². The highest BCUT2D eigenvalue weighted by atomic mass is 16.5. The summed E-state index contributed by atoms with van der Waals surface area (Å²) >= 11 is 0. The van der Waals surface area contributed by atoms with Crippen molar-refractivity contribution in [3.8, 4) is 0 Å². The zero-order valence-corrected chi connectivity index (χ0v) is 15.2. The van der Waals surface area contributed by atoms with Gasteiger partial charge in [-0.3, -0.25) is 4.79 Å². The van der Waals surface area contributed by atoms with Crippen LogP contribution in [0.25, 0.3) is 0 Å². The Bertz CT molecular complexity index is 460. The maximum atomic E-state index is 12.5. The number of aliphatic hydroxyl groups excluding tert-OH is 4. The van der Waals surface area contributed by atoms with E-state index in [0.29, 0.717) is 12.8 Å². The molecular weight excluding hydrogens is 346 g/mol. The lowest BCUT2D eigenvalue weighted by Crippen LogP contribution is -2.64. The van der Waals surface area contributed by atoms with E-state index >= 15 is 0 Å². The second-order valence-electron chi connectivity index (χ2n) is 6.75. The van der Waals surface area contributed by atoms with Crippen molar-refractivity contribution in [2.45, 2.75) is 82.5 Å². The van der Waals surface area contributed by atoms with Crippen molar-refractivity contribution < 1.29 is 39.9 Å². The summed E-state index contributed by atoms with van der Waals surface area (Å²) in [6, 6.07) is -1.09. The third-order valence-corrected chi connectivity index (χ3v) is 4.82. The van der Waals surface area contributed by atoms with Crippen molar-refractivity contribution in [1.82, 2.24) is 5.32 Å². The molecule has 152 valence electrons. The third-order valence-electron chi connectivity index (χ3n) is 4.82. The summed E-state index contributed by atoms with van der Waals surface area (Å²) in [5.74, 6) is -1.92. The first-order valence-corrected chi connectivity index (χ1v) is 9.10. The molecule has 1 rings (SSSR count). The van der Waals surface area contributed by atoms with Crippen LogP contribution in [-0.2, 0) is 14.3 Å². The number of aliphatic hydroxyl groups is 4. The van der Waals surface area contributed by atoms with Gasteiger partial charge >= 0.3 is 5.97 Å². The number of amides is 1. The number of rotatable bonds is 10. The van der Waals surface area contributed by atoms with Crippen LogP contribution in [0.2, 0.25) is 0 Å². The van der Waals surface area contributed by atoms with Crippen LogP contribution in [0.15, 0.2) is 0 Å². The van der Waals surface area contributed by atoms with Gasteiger partial charge in [0.05, 0.1) is 18.8 Å². The Balaban J connectivity index is 2.95. The minimum absolute atomic E-state index is 0.259. The Morgan fingerprint density at radius 3 is 2.42 bits per heavy atom. The number of ether oxygens (including phenoxy) is 1. The average molecular weight is 377 g/mol. The minimum Gasteiger partial charge on any atom is -0.479 e. The Labute approximate surface area is 153 Å². The number of unbranched alkanes of at least 4 members (excludes halogenated alkanes) is 1. The first kappa shape index (κ1) is 22.8. The summed E-state index contributed by atoms with van der Waals surface area (Å²) in [6.07, 6.45) is -4.48.